The monoisotopic (exact) mass is 272 g/mol. The number of rotatable bonds is 1. The summed E-state index contributed by atoms with van der Waals surface area (Å²) in [5, 5.41) is 1.03. The molecule has 2 heterocycles. The van der Waals surface area contributed by atoms with Gasteiger partial charge < -0.3 is 9.15 Å². The van der Waals surface area contributed by atoms with E-state index in [1.54, 1.807) is 0 Å². The zero-order valence-corrected chi connectivity index (χ0v) is 11.8. The number of aryl methyl sites for hydroxylation is 1. The minimum atomic E-state index is -0.234. The first kappa shape index (κ1) is 12.0. The van der Waals surface area contributed by atoms with Gasteiger partial charge in [0.05, 0.1) is 11.6 Å². The number of nitrogens with one attached hydrogen (secondary N) is 1. The Bertz CT molecular complexity index is 758. The molecule has 0 saturated heterocycles. The smallest absolute Gasteiger partial charge is 0.339 e. The molecule has 1 unspecified atom stereocenters. The van der Waals surface area contributed by atoms with Gasteiger partial charge in [-0.15, -0.1) is 0 Å². The van der Waals surface area contributed by atoms with Gasteiger partial charge in [-0.3, -0.25) is 4.90 Å². The second kappa shape index (κ2) is 4.09. The lowest BCUT2D eigenvalue weighted by molar-refractivity contribution is -0.943. The molecule has 1 aromatic carbocycles. The zero-order valence-electron chi connectivity index (χ0n) is 11.8. The van der Waals surface area contributed by atoms with Crippen LogP contribution in [0.1, 0.15) is 29.5 Å². The Labute approximate surface area is 116 Å². The van der Waals surface area contributed by atoms with Crippen molar-refractivity contribution in [2.24, 2.45) is 0 Å². The molecule has 2 aromatic rings. The third-order valence-corrected chi connectivity index (χ3v) is 4.66. The molecule has 1 N–H and O–H groups in total. The number of hydrogen-bond donors (Lipinski definition) is 1. The normalized spacial score (nSPS) is 21.6. The van der Waals surface area contributed by atoms with Gasteiger partial charge in [0.1, 0.15) is 12.3 Å². The van der Waals surface area contributed by atoms with Crippen LogP contribution in [-0.2, 0) is 6.54 Å². The predicted molar refractivity (Wildman–Crippen MR) is 75.1 cm³/mol. The molecule has 20 heavy (non-hydrogen) atoms. The molecule has 4 nitrogen and oxygen atoms in total. The Morgan fingerprint density at radius 2 is 2.00 bits per heavy atom. The second-order valence-electron chi connectivity index (χ2n) is 5.96. The zero-order chi connectivity index (χ0) is 13.9. The summed E-state index contributed by atoms with van der Waals surface area (Å²) in [4.78, 5) is 13.4. The van der Waals surface area contributed by atoms with Crippen molar-refractivity contribution in [2.45, 2.75) is 39.3 Å². The van der Waals surface area contributed by atoms with Gasteiger partial charge in [-0.2, -0.15) is 0 Å². The Kier molecular flexibility index (Phi) is 2.45. The standard InChI is InChI=1S/C16H17NO3/c1-9-10(2)16(18)20-15-12(9)5-6-14-13(15)7-17(8-19-14)11-3-4-11/h5-6,11H,3-4,7-8H2,1-2H3/p+1. The molecule has 4 heteroatoms. The van der Waals surface area contributed by atoms with Crippen molar-refractivity contribution in [1.29, 1.82) is 0 Å². The molecule has 1 aliphatic carbocycles. The molecule has 1 fully saturated rings. The van der Waals surface area contributed by atoms with Crippen LogP contribution in [0.5, 0.6) is 5.75 Å². The van der Waals surface area contributed by atoms with Gasteiger partial charge in [-0.25, -0.2) is 4.79 Å². The van der Waals surface area contributed by atoms with Gasteiger partial charge >= 0.3 is 5.63 Å². The van der Waals surface area contributed by atoms with E-state index in [9.17, 15) is 4.79 Å². The molecule has 2 aliphatic rings. The SMILES string of the molecule is Cc1c(C)c2ccc3c(c2oc1=O)C[NH+](C1CC1)CO3. The fourth-order valence-corrected chi connectivity index (χ4v) is 3.05. The number of hydrogen-bond acceptors (Lipinski definition) is 3. The minimum Gasteiger partial charge on any atom is -0.445 e. The van der Waals surface area contributed by atoms with E-state index < -0.39 is 0 Å². The van der Waals surface area contributed by atoms with Crippen LogP contribution < -0.4 is 15.3 Å². The van der Waals surface area contributed by atoms with Crippen molar-refractivity contribution in [1.82, 2.24) is 0 Å². The van der Waals surface area contributed by atoms with E-state index in [0.29, 0.717) is 11.1 Å². The molecule has 4 rings (SSSR count). The van der Waals surface area contributed by atoms with Crippen molar-refractivity contribution in [3.8, 4) is 5.75 Å². The quantitative estimate of drug-likeness (QED) is 0.796. The van der Waals surface area contributed by atoms with Crippen LogP contribution in [0.3, 0.4) is 0 Å². The summed E-state index contributed by atoms with van der Waals surface area (Å²) in [6.07, 6.45) is 2.56. The van der Waals surface area contributed by atoms with Gasteiger partial charge in [0.25, 0.3) is 0 Å². The molecule has 1 atom stereocenters. The molecule has 104 valence electrons. The number of ether oxygens (including phenoxy) is 1. The van der Waals surface area contributed by atoms with E-state index in [2.05, 4.69) is 0 Å². The summed E-state index contributed by atoms with van der Waals surface area (Å²) in [6, 6.07) is 4.73. The summed E-state index contributed by atoms with van der Waals surface area (Å²) in [7, 11) is 0. The molecule has 0 bridgehead atoms. The van der Waals surface area contributed by atoms with Crippen LogP contribution in [0.15, 0.2) is 21.3 Å². The van der Waals surface area contributed by atoms with E-state index in [1.165, 1.54) is 17.7 Å². The van der Waals surface area contributed by atoms with Crippen LogP contribution in [-0.4, -0.2) is 12.8 Å². The predicted octanol–water partition coefficient (Wildman–Crippen LogP) is 1.31. The maximum Gasteiger partial charge on any atom is 0.339 e. The lowest BCUT2D eigenvalue weighted by Crippen LogP contribution is -3.13. The van der Waals surface area contributed by atoms with Gasteiger partial charge in [0, 0.05) is 23.8 Å². The summed E-state index contributed by atoms with van der Waals surface area (Å²) >= 11 is 0. The van der Waals surface area contributed by atoms with Gasteiger partial charge in [-0.05, 0) is 31.5 Å². The minimum absolute atomic E-state index is 0.234. The highest BCUT2D eigenvalue weighted by molar-refractivity contribution is 5.85. The van der Waals surface area contributed by atoms with Crippen LogP contribution in [0.2, 0.25) is 0 Å². The van der Waals surface area contributed by atoms with Gasteiger partial charge in [-0.1, -0.05) is 0 Å². The third kappa shape index (κ3) is 1.68. The first-order valence-electron chi connectivity index (χ1n) is 7.18. The molecule has 1 saturated carbocycles. The lowest BCUT2D eigenvalue weighted by Gasteiger charge is -2.26. The first-order chi connectivity index (χ1) is 9.65. The van der Waals surface area contributed by atoms with Crippen molar-refractivity contribution in [2.75, 3.05) is 6.73 Å². The largest absolute Gasteiger partial charge is 0.445 e. The third-order valence-electron chi connectivity index (χ3n) is 4.66. The average molecular weight is 272 g/mol. The summed E-state index contributed by atoms with van der Waals surface area (Å²) in [6.45, 7) is 5.41. The Hall–Kier alpha value is -1.81. The molecular formula is C16H18NO3+. The van der Waals surface area contributed by atoms with E-state index in [0.717, 1.165) is 41.6 Å². The van der Waals surface area contributed by atoms with Crippen LogP contribution in [0.25, 0.3) is 11.0 Å². The second-order valence-corrected chi connectivity index (χ2v) is 5.96. The molecule has 0 spiro atoms. The number of quaternary nitrogens is 1. The van der Waals surface area contributed by atoms with E-state index in [-0.39, 0.29) is 5.63 Å². The van der Waals surface area contributed by atoms with E-state index in [4.69, 9.17) is 9.15 Å². The number of fused-ring (bicyclic) bond motifs is 3. The number of benzene rings is 1. The highest BCUT2D eigenvalue weighted by Gasteiger charge is 2.37. The molecular weight excluding hydrogens is 254 g/mol. The molecule has 0 radical (unpaired) electrons. The molecule has 1 aliphatic heterocycles. The highest BCUT2D eigenvalue weighted by Crippen LogP contribution is 2.31. The van der Waals surface area contributed by atoms with Crippen LogP contribution >= 0.6 is 0 Å². The van der Waals surface area contributed by atoms with E-state index >= 15 is 0 Å². The molecule has 1 aromatic heterocycles. The average Bonchev–Trinajstić information content (AvgIpc) is 3.29. The van der Waals surface area contributed by atoms with Crippen molar-refractivity contribution < 1.29 is 14.1 Å². The van der Waals surface area contributed by atoms with Crippen LogP contribution in [0, 0.1) is 13.8 Å². The van der Waals surface area contributed by atoms with Gasteiger partial charge in [0.15, 0.2) is 5.58 Å². The first-order valence-corrected chi connectivity index (χ1v) is 7.18. The van der Waals surface area contributed by atoms with E-state index in [1.807, 2.05) is 26.0 Å². The fraction of sp³-hybridized carbons (Fsp3) is 0.438. The maximum atomic E-state index is 12.0. The Morgan fingerprint density at radius 1 is 1.20 bits per heavy atom. The topological polar surface area (TPSA) is 43.9 Å². The fourth-order valence-electron chi connectivity index (χ4n) is 3.05. The van der Waals surface area contributed by atoms with Crippen molar-refractivity contribution in [3.05, 3.63) is 39.2 Å². The van der Waals surface area contributed by atoms with Gasteiger partial charge in [0.2, 0.25) is 6.73 Å². The van der Waals surface area contributed by atoms with Crippen molar-refractivity contribution in [3.63, 3.8) is 0 Å². The summed E-state index contributed by atoms with van der Waals surface area (Å²) in [5.74, 6) is 0.869. The molecule has 0 amide bonds. The van der Waals surface area contributed by atoms with Crippen molar-refractivity contribution >= 4 is 11.0 Å². The highest BCUT2D eigenvalue weighted by atomic mass is 16.5. The Balaban J connectivity index is 1.94. The summed E-state index contributed by atoms with van der Waals surface area (Å²) in [5.41, 5.74) is 3.24. The lowest BCUT2D eigenvalue weighted by atomic mass is 10.0. The van der Waals surface area contributed by atoms with Crippen LogP contribution in [0.4, 0.5) is 0 Å². The Morgan fingerprint density at radius 3 is 2.75 bits per heavy atom. The maximum absolute atomic E-state index is 12.0. The summed E-state index contributed by atoms with van der Waals surface area (Å²) < 4.78 is 11.4.